The third-order valence-electron chi connectivity index (χ3n) is 2.57. The highest BCUT2D eigenvalue weighted by Gasteiger charge is 2.37. The molecule has 2 aromatic heterocycles. The lowest BCUT2D eigenvalue weighted by Crippen LogP contribution is -2.20. The van der Waals surface area contributed by atoms with Gasteiger partial charge in [-0.05, 0) is 23.9 Å². The molecule has 0 aliphatic rings. The Bertz CT molecular complexity index is 544. The van der Waals surface area contributed by atoms with Crippen LogP contribution in [0.4, 0.5) is 13.2 Å². The first kappa shape index (κ1) is 15.5. The van der Waals surface area contributed by atoms with E-state index in [4.69, 9.17) is 0 Å². The molecule has 0 fully saturated rings. The van der Waals surface area contributed by atoms with Crippen molar-refractivity contribution in [1.82, 2.24) is 10.3 Å². The molecule has 0 spiro atoms. The maximum Gasteiger partial charge on any atom is 0.434 e. The van der Waals surface area contributed by atoms with Crippen molar-refractivity contribution in [1.29, 1.82) is 0 Å². The summed E-state index contributed by atoms with van der Waals surface area (Å²) in [6.45, 7) is 4.92. The molecular weight excluding hydrogens is 305 g/mol. The van der Waals surface area contributed by atoms with Gasteiger partial charge in [-0.2, -0.15) is 24.5 Å². The lowest BCUT2D eigenvalue weighted by Gasteiger charge is -2.08. The van der Waals surface area contributed by atoms with E-state index >= 15 is 0 Å². The van der Waals surface area contributed by atoms with Gasteiger partial charge in [-0.15, -0.1) is 11.3 Å². The molecule has 20 heavy (non-hydrogen) atoms. The van der Waals surface area contributed by atoms with Crippen molar-refractivity contribution in [2.75, 3.05) is 6.54 Å². The average molecular weight is 320 g/mol. The van der Waals surface area contributed by atoms with E-state index in [1.807, 2.05) is 24.6 Å². The van der Waals surface area contributed by atoms with Gasteiger partial charge in [0.1, 0.15) is 5.01 Å². The summed E-state index contributed by atoms with van der Waals surface area (Å²) in [6, 6.07) is 1.79. The Morgan fingerprint density at radius 3 is 2.65 bits per heavy atom. The predicted molar refractivity (Wildman–Crippen MR) is 77.0 cm³/mol. The van der Waals surface area contributed by atoms with E-state index in [-0.39, 0.29) is 11.4 Å². The van der Waals surface area contributed by atoms with Crippen LogP contribution in [-0.2, 0) is 12.7 Å². The maximum absolute atomic E-state index is 13.0. The molecule has 2 rings (SSSR count). The highest BCUT2D eigenvalue weighted by molar-refractivity contribution is 7.15. The zero-order chi connectivity index (χ0) is 14.8. The molecule has 0 aromatic carbocycles. The molecule has 2 aromatic rings. The molecule has 2 heterocycles. The average Bonchev–Trinajstić information content (AvgIpc) is 2.94. The first-order chi connectivity index (χ1) is 9.38. The van der Waals surface area contributed by atoms with Crippen LogP contribution in [0.3, 0.4) is 0 Å². The van der Waals surface area contributed by atoms with Gasteiger partial charge >= 0.3 is 6.18 Å². The van der Waals surface area contributed by atoms with Crippen LogP contribution >= 0.6 is 22.7 Å². The second-order valence-electron chi connectivity index (χ2n) is 4.83. The second-order valence-corrected chi connectivity index (χ2v) is 6.69. The van der Waals surface area contributed by atoms with Crippen LogP contribution < -0.4 is 5.32 Å². The Hall–Kier alpha value is -0.920. The predicted octanol–water partition coefficient (Wildman–Crippen LogP) is 4.64. The zero-order valence-electron chi connectivity index (χ0n) is 11.1. The molecule has 0 saturated heterocycles. The summed E-state index contributed by atoms with van der Waals surface area (Å²) in [5.41, 5.74) is -0.0134. The van der Waals surface area contributed by atoms with Gasteiger partial charge in [0, 0.05) is 17.5 Å². The van der Waals surface area contributed by atoms with Crippen LogP contribution in [0.5, 0.6) is 0 Å². The molecule has 1 N–H and O–H groups in total. The molecule has 0 aliphatic heterocycles. The molecule has 7 heteroatoms. The molecule has 0 amide bonds. The summed E-state index contributed by atoms with van der Waals surface area (Å²) in [7, 11) is 0. The lowest BCUT2D eigenvalue weighted by atomic mass is 10.2. The smallest absolute Gasteiger partial charge is 0.312 e. The maximum atomic E-state index is 13.0. The standard InChI is InChI=1S/C13H15F3N2S2/c1-8(2)5-17-6-10-11(13(14,15)16)18-12(20-10)9-3-4-19-7-9/h3-4,7-8,17H,5-6H2,1-2H3. The third-order valence-corrected chi connectivity index (χ3v) is 4.36. The number of alkyl halides is 3. The van der Waals surface area contributed by atoms with Gasteiger partial charge in [0.2, 0.25) is 0 Å². The number of thiazole rings is 1. The highest BCUT2D eigenvalue weighted by atomic mass is 32.1. The Morgan fingerprint density at radius 1 is 1.35 bits per heavy atom. The van der Waals surface area contributed by atoms with Crippen molar-refractivity contribution in [2.24, 2.45) is 5.92 Å². The monoisotopic (exact) mass is 320 g/mol. The fourth-order valence-electron chi connectivity index (χ4n) is 1.68. The number of rotatable bonds is 5. The quantitative estimate of drug-likeness (QED) is 0.868. The molecule has 0 unspecified atom stereocenters. The fraction of sp³-hybridized carbons (Fsp3) is 0.462. The van der Waals surface area contributed by atoms with Crippen molar-refractivity contribution in [3.8, 4) is 10.6 Å². The molecular formula is C13H15F3N2S2. The lowest BCUT2D eigenvalue weighted by molar-refractivity contribution is -0.141. The van der Waals surface area contributed by atoms with E-state index in [0.717, 1.165) is 16.9 Å². The van der Waals surface area contributed by atoms with Crippen molar-refractivity contribution < 1.29 is 13.2 Å². The Morgan fingerprint density at radius 2 is 2.10 bits per heavy atom. The van der Waals surface area contributed by atoms with Crippen molar-refractivity contribution in [3.63, 3.8) is 0 Å². The Labute approximate surface area is 123 Å². The fourth-order valence-corrected chi connectivity index (χ4v) is 3.44. The van der Waals surface area contributed by atoms with Gasteiger partial charge in [-0.3, -0.25) is 0 Å². The minimum absolute atomic E-state index is 0.203. The van der Waals surface area contributed by atoms with Gasteiger partial charge in [-0.1, -0.05) is 13.8 Å². The van der Waals surface area contributed by atoms with Crippen LogP contribution in [0.2, 0.25) is 0 Å². The van der Waals surface area contributed by atoms with Crippen LogP contribution in [0.25, 0.3) is 10.6 Å². The summed E-state index contributed by atoms with van der Waals surface area (Å²) in [6.07, 6.45) is -4.40. The molecule has 110 valence electrons. The van der Waals surface area contributed by atoms with Gasteiger partial charge in [0.15, 0.2) is 5.69 Å². The molecule has 0 saturated carbocycles. The molecule has 2 nitrogen and oxygen atoms in total. The SMILES string of the molecule is CC(C)CNCc1sc(-c2ccsc2)nc1C(F)(F)F. The first-order valence-corrected chi connectivity index (χ1v) is 7.94. The van der Waals surface area contributed by atoms with Crippen LogP contribution in [0.15, 0.2) is 16.8 Å². The van der Waals surface area contributed by atoms with E-state index < -0.39 is 11.9 Å². The summed E-state index contributed by atoms with van der Waals surface area (Å²) >= 11 is 2.56. The van der Waals surface area contributed by atoms with E-state index in [2.05, 4.69) is 10.3 Å². The summed E-state index contributed by atoms with van der Waals surface area (Å²) in [5.74, 6) is 0.397. The summed E-state index contributed by atoms with van der Waals surface area (Å²) < 4.78 is 39.0. The van der Waals surface area contributed by atoms with Crippen LogP contribution in [-0.4, -0.2) is 11.5 Å². The van der Waals surface area contributed by atoms with E-state index in [1.165, 1.54) is 11.3 Å². The number of nitrogens with zero attached hydrogens (tertiary/aromatic N) is 1. The topological polar surface area (TPSA) is 24.9 Å². The molecule has 0 bridgehead atoms. The Kier molecular flexibility index (Phi) is 4.82. The van der Waals surface area contributed by atoms with E-state index in [9.17, 15) is 13.2 Å². The molecule has 0 aliphatic carbocycles. The van der Waals surface area contributed by atoms with Crippen molar-refractivity contribution in [3.05, 3.63) is 27.4 Å². The minimum atomic E-state index is -4.40. The van der Waals surface area contributed by atoms with Gasteiger partial charge in [0.25, 0.3) is 0 Å². The van der Waals surface area contributed by atoms with Crippen LogP contribution in [0.1, 0.15) is 24.4 Å². The first-order valence-electron chi connectivity index (χ1n) is 6.18. The Balaban J connectivity index is 2.24. The summed E-state index contributed by atoms with van der Waals surface area (Å²) in [5, 5.41) is 7.12. The number of hydrogen-bond donors (Lipinski definition) is 1. The van der Waals surface area contributed by atoms with Crippen molar-refractivity contribution in [2.45, 2.75) is 26.6 Å². The van der Waals surface area contributed by atoms with Crippen LogP contribution in [0, 0.1) is 5.92 Å². The minimum Gasteiger partial charge on any atom is -0.312 e. The van der Waals surface area contributed by atoms with E-state index in [0.29, 0.717) is 17.5 Å². The molecule has 0 radical (unpaired) electrons. The normalized spacial score (nSPS) is 12.3. The third kappa shape index (κ3) is 3.80. The molecule has 0 atom stereocenters. The number of aromatic nitrogens is 1. The number of nitrogens with one attached hydrogen (secondary N) is 1. The van der Waals surface area contributed by atoms with Gasteiger partial charge in [-0.25, -0.2) is 4.98 Å². The van der Waals surface area contributed by atoms with E-state index in [1.54, 1.807) is 6.07 Å². The number of halogens is 3. The summed E-state index contributed by atoms with van der Waals surface area (Å²) in [4.78, 5) is 4.03. The number of thiophene rings is 1. The highest BCUT2D eigenvalue weighted by Crippen LogP contribution is 2.38. The largest absolute Gasteiger partial charge is 0.434 e. The van der Waals surface area contributed by atoms with Gasteiger partial charge in [0.05, 0.1) is 4.88 Å². The zero-order valence-corrected chi connectivity index (χ0v) is 12.8. The van der Waals surface area contributed by atoms with Gasteiger partial charge < -0.3 is 5.32 Å². The second kappa shape index (κ2) is 6.24. The number of hydrogen-bond acceptors (Lipinski definition) is 4. The van der Waals surface area contributed by atoms with Crippen molar-refractivity contribution >= 4 is 22.7 Å².